The van der Waals surface area contributed by atoms with E-state index in [1.807, 2.05) is 0 Å². The van der Waals surface area contributed by atoms with Crippen molar-refractivity contribution >= 4 is 0 Å². The summed E-state index contributed by atoms with van der Waals surface area (Å²) in [7, 11) is 4.43. The second kappa shape index (κ2) is 7.39. The largest absolute Gasteiger partial charge is 0.323 e. The summed E-state index contributed by atoms with van der Waals surface area (Å²) in [6.45, 7) is 8.89. The van der Waals surface area contributed by atoms with E-state index in [1.54, 1.807) is 0 Å². The molecule has 1 fully saturated rings. The summed E-state index contributed by atoms with van der Waals surface area (Å²) >= 11 is 0. The summed E-state index contributed by atoms with van der Waals surface area (Å²) in [6, 6.07) is 6.70. The summed E-state index contributed by atoms with van der Waals surface area (Å²) in [4.78, 5) is 4.85. The molecule has 0 aromatic heterocycles. The minimum absolute atomic E-state index is 0.113. The van der Waals surface area contributed by atoms with Crippen LogP contribution in [0.2, 0.25) is 0 Å². The molecule has 0 aliphatic carbocycles. The van der Waals surface area contributed by atoms with E-state index < -0.39 is 0 Å². The number of likely N-dealkylation sites (tertiary alicyclic amines) is 1. The van der Waals surface area contributed by atoms with Gasteiger partial charge in [0, 0.05) is 19.1 Å². The lowest BCUT2D eigenvalue weighted by Crippen LogP contribution is -2.38. The van der Waals surface area contributed by atoms with Crippen molar-refractivity contribution < 1.29 is 0 Å². The number of hydrogen-bond donors (Lipinski definition) is 1. The van der Waals surface area contributed by atoms with Crippen LogP contribution < -0.4 is 5.73 Å². The van der Waals surface area contributed by atoms with Crippen LogP contribution in [0.25, 0.3) is 0 Å². The SMILES string of the molecule is Cc1ccc(C(N)CN(C)CC2CCN(C)CC2)c(C)c1. The second-order valence-corrected chi connectivity index (χ2v) is 6.93. The summed E-state index contributed by atoms with van der Waals surface area (Å²) in [5, 5.41) is 0. The maximum Gasteiger partial charge on any atom is 0.0426 e. The van der Waals surface area contributed by atoms with Gasteiger partial charge in [0.05, 0.1) is 0 Å². The molecule has 0 saturated carbocycles. The maximum atomic E-state index is 6.42. The molecule has 0 radical (unpaired) electrons. The van der Waals surface area contributed by atoms with E-state index in [-0.39, 0.29) is 6.04 Å². The van der Waals surface area contributed by atoms with Gasteiger partial charge in [-0.25, -0.2) is 0 Å². The average Bonchev–Trinajstić information content (AvgIpc) is 2.41. The van der Waals surface area contributed by atoms with Crippen molar-refractivity contribution in [2.24, 2.45) is 11.7 Å². The average molecular weight is 289 g/mol. The molecule has 21 heavy (non-hydrogen) atoms. The van der Waals surface area contributed by atoms with Gasteiger partial charge in [-0.2, -0.15) is 0 Å². The van der Waals surface area contributed by atoms with Crippen molar-refractivity contribution in [1.82, 2.24) is 9.80 Å². The third-order valence-electron chi connectivity index (χ3n) is 4.74. The van der Waals surface area contributed by atoms with Crippen LogP contribution in [0.1, 0.15) is 35.6 Å². The van der Waals surface area contributed by atoms with Gasteiger partial charge in [-0.1, -0.05) is 23.8 Å². The van der Waals surface area contributed by atoms with Crippen LogP contribution in [0, 0.1) is 19.8 Å². The number of nitrogens with zero attached hydrogens (tertiary/aromatic N) is 2. The minimum Gasteiger partial charge on any atom is -0.323 e. The quantitative estimate of drug-likeness (QED) is 0.904. The molecule has 1 heterocycles. The van der Waals surface area contributed by atoms with E-state index in [2.05, 4.69) is 55.9 Å². The Labute approximate surface area is 130 Å². The standard InChI is InChI=1S/C18H31N3/c1-14-5-6-17(15(2)11-14)18(19)13-21(4)12-16-7-9-20(3)10-8-16/h5-6,11,16,18H,7-10,12-13,19H2,1-4H3. The molecule has 3 heteroatoms. The van der Waals surface area contributed by atoms with Crippen molar-refractivity contribution in [3.8, 4) is 0 Å². The van der Waals surface area contributed by atoms with Crippen LogP contribution in [-0.2, 0) is 0 Å². The van der Waals surface area contributed by atoms with Gasteiger partial charge in [0.25, 0.3) is 0 Å². The first-order valence-electron chi connectivity index (χ1n) is 8.15. The Hall–Kier alpha value is -0.900. The van der Waals surface area contributed by atoms with Crippen molar-refractivity contribution in [3.63, 3.8) is 0 Å². The number of benzene rings is 1. The molecule has 0 bridgehead atoms. The van der Waals surface area contributed by atoms with Gasteiger partial charge in [-0.3, -0.25) is 0 Å². The smallest absolute Gasteiger partial charge is 0.0426 e. The van der Waals surface area contributed by atoms with Crippen LogP contribution in [-0.4, -0.2) is 50.1 Å². The van der Waals surface area contributed by atoms with Crippen molar-refractivity contribution in [2.45, 2.75) is 32.7 Å². The van der Waals surface area contributed by atoms with Crippen LogP contribution in [0.5, 0.6) is 0 Å². The zero-order chi connectivity index (χ0) is 15.4. The van der Waals surface area contributed by atoms with Crippen LogP contribution in [0.15, 0.2) is 18.2 Å². The fourth-order valence-electron chi connectivity index (χ4n) is 3.44. The summed E-state index contributed by atoms with van der Waals surface area (Å²) < 4.78 is 0. The van der Waals surface area contributed by atoms with Gasteiger partial charge < -0.3 is 15.5 Å². The second-order valence-electron chi connectivity index (χ2n) is 6.93. The third kappa shape index (κ3) is 4.80. The Balaban J connectivity index is 1.85. The van der Waals surface area contributed by atoms with Crippen molar-refractivity contribution in [2.75, 3.05) is 40.3 Å². The normalized spacial score (nSPS) is 19.1. The van der Waals surface area contributed by atoms with Gasteiger partial charge in [0.1, 0.15) is 0 Å². The first-order valence-corrected chi connectivity index (χ1v) is 8.15. The van der Waals surface area contributed by atoms with Gasteiger partial charge >= 0.3 is 0 Å². The lowest BCUT2D eigenvalue weighted by atomic mass is 9.95. The highest BCUT2D eigenvalue weighted by atomic mass is 15.1. The Morgan fingerprint density at radius 2 is 1.95 bits per heavy atom. The van der Waals surface area contributed by atoms with E-state index in [0.29, 0.717) is 0 Å². The van der Waals surface area contributed by atoms with Crippen molar-refractivity contribution in [1.29, 1.82) is 0 Å². The lowest BCUT2D eigenvalue weighted by molar-refractivity contribution is 0.172. The minimum atomic E-state index is 0.113. The molecule has 1 aliphatic heterocycles. The van der Waals surface area contributed by atoms with Gasteiger partial charge in [0.2, 0.25) is 0 Å². The summed E-state index contributed by atoms with van der Waals surface area (Å²) in [5.41, 5.74) is 10.3. The molecule has 3 nitrogen and oxygen atoms in total. The molecular weight excluding hydrogens is 258 g/mol. The zero-order valence-electron chi connectivity index (χ0n) is 14.1. The Morgan fingerprint density at radius 1 is 1.29 bits per heavy atom. The highest BCUT2D eigenvalue weighted by Crippen LogP contribution is 2.20. The zero-order valence-corrected chi connectivity index (χ0v) is 14.1. The van der Waals surface area contributed by atoms with Crippen molar-refractivity contribution in [3.05, 3.63) is 34.9 Å². The molecular formula is C18H31N3. The van der Waals surface area contributed by atoms with Crippen LogP contribution >= 0.6 is 0 Å². The van der Waals surface area contributed by atoms with E-state index >= 15 is 0 Å². The van der Waals surface area contributed by atoms with E-state index in [0.717, 1.165) is 12.5 Å². The molecule has 1 aromatic rings. The number of nitrogens with two attached hydrogens (primary N) is 1. The molecule has 1 unspecified atom stereocenters. The molecule has 1 atom stereocenters. The molecule has 0 spiro atoms. The molecule has 2 N–H and O–H groups in total. The van der Waals surface area contributed by atoms with E-state index in [1.165, 1.54) is 49.2 Å². The number of piperidine rings is 1. The van der Waals surface area contributed by atoms with E-state index in [4.69, 9.17) is 5.73 Å². The number of hydrogen-bond acceptors (Lipinski definition) is 3. The Kier molecular flexibility index (Phi) is 5.80. The fraction of sp³-hybridized carbons (Fsp3) is 0.667. The summed E-state index contributed by atoms with van der Waals surface area (Å²) in [5.74, 6) is 0.831. The number of rotatable bonds is 5. The monoisotopic (exact) mass is 289 g/mol. The molecule has 1 aliphatic rings. The maximum absolute atomic E-state index is 6.42. The highest BCUT2D eigenvalue weighted by Gasteiger charge is 2.19. The van der Waals surface area contributed by atoms with Gasteiger partial charge in [-0.05, 0) is 70.9 Å². The number of likely N-dealkylation sites (N-methyl/N-ethyl adjacent to an activating group) is 1. The van der Waals surface area contributed by atoms with E-state index in [9.17, 15) is 0 Å². The number of aryl methyl sites for hydroxylation is 2. The lowest BCUT2D eigenvalue weighted by Gasteiger charge is -2.32. The third-order valence-corrected chi connectivity index (χ3v) is 4.74. The Morgan fingerprint density at radius 3 is 2.57 bits per heavy atom. The molecule has 1 aromatic carbocycles. The van der Waals surface area contributed by atoms with Crippen LogP contribution in [0.3, 0.4) is 0 Å². The highest BCUT2D eigenvalue weighted by molar-refractivity contribution is 5.32. The first kappa shape index (κ1) is 16.5. The summed E-state index contributed by atoms with van der Waals surface area (Å²) in [6.07, 6.45) is 2.64. The predicted octanol–water partition coefficient (Wildman–Crippen LogP) is 2.58. The fourth-order valence-corrected chi connectivity index (χ4v) is 3.44. The van der Waals surface area contributed by atoms with Crippen LogP contribution in [0.4, 0.5) is 0 Å². The topological polar surface area (TPSA) is 32.5 Å². The molecule has 1 saturated heterocycles. The molecule has 2 rings (SSSR count). The predicted molar refractivity (Wildman–Crippen MR) is 90.6 cm³/mol. The first-order chi connectivity index (χ1) is 9.95. The molecule has 118 valence electrons. The van der Waals surface area contributed by atoms with Gasteiger partial charge in [0.15, 0.2) is 0 Å². The Bertz CT molecular complexity index is 450. The molecule has 0 amide bonds. The van der Waals surface area contributed by atoms with Gasteiger partial charge in [-0.15, -0.1) is 0 Å².